The van der Waals surface area contributed by atoms with Gasteiger partial charge in [-0.2, -0.15) is 0 Å². The first-order chi connectivity index (χ1) is 17.2. The topological polar surface area (TPSA) is 35.5 Å². The van der Waals surface area contributed by atoms with Gasteiger partial charge < -0.3 is 12.9 Å². The van der Waals surface area contributed by atoms with Gasteiger partial charge >= 0.3 is 8.24 Å². The third-order valence-electron chi connectivity index (χ3n) is 7.39. The van der Waals surface area contributed by atoms with Gasteiger partial charge in [-0.3, -0.25) is 0 Å². The summed E-state index contributed by atoms with van der Waals surface area (Å²) in [6, 6.07) is 10.9. The van der Waals surface area contributed by atoms with Crippen LogP contribution >= 0.6 is 8.24 Å². The zero-order chi connectivity index (χ0) is 26.0. The maximum absolute atomic E-state index is 6.74. The first-order valence-electron chi connectivity index (χ1n) is 13.4. The van der Waals surface area contributed by atoms with Gasteiger partial charge in [0.15, 0.2) is 0 Å². The van der Waals surface area contributed by atoms with E-state index in [0.29, 0.717) is 0 Å². The second kappa shape index (κ2) is 11.2. The minimum atomic E-state index is -1.68. The quantitative estimate of drug-likeness (QED) is 0.239. The molecule has 4 heteroatoms. The number of aryl methyl sites for hydroxylation is 8. The zero-order valence-corrected chi connectivity index (χ0v) is 24.2. The molecule has 0 saturated carbocycles. The second-order valence-electron chi connectivity index (χ2n) is 10.3. The standard InChI is InChI=1S/C32H41O3P/c1-9-11-13-26-19-23(6)31-30(25(26)8)29-24(7)21(4)18-27(14-12-10-2)32(29)35-36(34-31)33-28-16-15-20(3)17-22(28)5/h15-19H,9-14H2,1-8H3. The van der Waals surface area contributed by atoms with Crippen molar-refractivity contribution >= 4 is 30.2 Å². The van der Waals surface area contributed by atoms with Crippen LogP contribution in [0.3, 0.4) is 0 Å². The summed E-state index contributed by atoms with van der Waals surface area (Å²) in [5, 5.41) is 2.37. The van der Waals surface area contributed by atoms with E-state index >= 15 is 0 Å². The molecule has 0 aliphatic rings. The van der Waals surface area contributed by atoms with Crippen LogP contribution in [0.1, 0.15) is 84.0 Å². The van der Waals surface area contributed by atoms with E-state index in [2.05, 4.69) is 79.7 Å². The van der Waals surface area contributed by atoms with Gasteiger partial charge in [-0.15, -0.1) is 0 Å². The Morgan fingerprint density at radius 2 is 1.28 bits per heavy atom. The molecule has 4 rings (SSSR count). The van der Waals surface area contributed by atoms with Gasteiger partial charge in [0.2, 0.25) is 0 Å². The van der Waals surface area contributed by atoms with Crippen LogP contribution in [0.25, 0.3) is 21.9 Å². The van der Waals surface area contributed by atoms with E-state index in [0.717, 1.165) is 53.7 Å². The van der Waals surface area contributed by atoms with Gasteiger partial charge in [0.05, 0.1) is 0 Å². The molecule has 0 aliphatic carbocycles. The lowest BCUT2D eigenvalue weighted by atomic mass is 9.90. The van der Waals surface area contributed by atoms with E-state index in [9.17, 15) is 0 Å². The van der Waals surface area contributed by atoms with Crippen LogP contribution in [0.15, 0.2) is 38.7 Å². The average Bonchev–Trinajstić information content (AvgIpc) is 3.01. The van der Waals surface area contributed by atoms with Gasteiger partial charge in [0.25, 0.3) is 0 Å². The normalized spacial score (nSPS) is 11.9. The number of unbranched alkanes of at least 4 members (excludes halogenated alkanes) is 2. The molecule has 0 amide bonds. The molecule has 192 valence electrons. The Balaban J connectivity index is 2.12. The molecule has 0 saturated heterocycles. The monoisotopic (exact) mass is 504 g/mol. The molecular formula is C32H41O3P. The molecule has 0 spiro atoms. The van der Waals surface area contributed by atoms with Crippen molar-refractivity contribution in [1.29, 1.82) is 0 Å². The highest BCUT2D eigenvalue weighted by atomic mass is 31.1. The van der Waals surface area contributed by atoms with Crippen molar-refractivity contribution in [2.75, 3.05) is 0 Å². The molecule has 1 unspecified atom stereocenters. The molecule has 3 aromatic carbocycles. The minimum Gasteiger partial charge on any atom is -0.390 e. The van der Waals surface area contributed by atoms with E-state index in [1.165, 1.54) is 57.0 Å². The summed E-state index contributed by atoms with van der Waals surface area (Å²) < 4.78 is 19.9. The molecule has 4 aromatic rings. The fourth-order valence-corrected chi connectivity index (χ4v) is 6.34. The smallest absolute Gasteiger partial charge is 0.390 e. The van der Waals surface area contributed by atoms with E-state index < -0.39 is 8.24 Å². The summed E-state index contributed by atoms with van der Waals surface area (Å²) in [5.74, 6) is 0.810. The molecule has 1 aromatic heterocycles. The Morgan fingerprint density at radius 1 is 0.667 bits per heavy atom. The largest absolute Gasteiger partial charge is 0.453 e. The summed E-state index contributed by atoms with van der Waals surface area (Å²) >= 11 is 0. The molecule has 3 nitrogen and oxygen atoms in total. The molecule has 0 aliphatic heterocycles. The molecule has 0 bridgehead atoms. The molecule has 1 heterocycles. The fourth-order valence-electron chi connectivity index (χ4n) is 5.12. The first kappa shape index (κ1) is 26.4. The molecule has 1 atom stereocenters. The number of hydrogen-bond donors (Lipinski definition) is 0. The van der Waals surface area contributed by atoms with E-state index in [4.69, 9.17) is 12.9 Å². The van der Waals surface area contributed by atoms with Crippen molar-refractivity contribution in [1.82, 2.24) is 0 Å². The van der Waals surface area contributed by atoms with Crippen molar-refractivity contribution in [3.8, 4) is 5.75 Å². The Morgan fingerprint density at radius 3 is 1.94 bits per heavy atom. The van der Waals surface area contributed by atoms with E-state index in [1.807, 2.05) is 6.07 Å². The predicted molar refractivity (Wildman–Crippen MR) is 154 cm³/mol. The Bertz CT molecular complexity index is 1450. The van der Waals surface area contributed by atoms with Gasteiger partial charge in [0.1, 0.15) is 16.9 Å². The molecule has 0 radical (unpaired) electrons. The summed E-state index contributed by atoms with van der Waals surface area (Å²) in [7, 11) is -1.68. The lowest BCUT2D eigenvalue weighted by molar-refractivity contribution is 0.494. The van der Waals surface area contributed by atoms with Crippen molar-refractivity contribution in [3.63, 3.8) is 0 Å². The lowest BCUT2D eigenvalue weighted by Gasteiger charge is -2.14. The number of rotatable bonds is 8. The van der Waals surface area contributed by atoms with Crippen molar-refractivity contribution in [2.45, 2.75) is 93.9 Å². The summed E-state index contributed by atoms with van der Waals surface area (Å²) in [6.07, 6.45) is 6.68. The zero-order valence-electron chi connectivity index (χ0n) is 23.3. The summed E-state index contributed by atoms with van der Waals surface area (Å²) in [4.78, 5) is 0. The van der Waals surface area contributed by atoms with Gasteiger partial charge in [-0.25, -0.2) is 0 Å². The van der Waals surface area contributed by atoms with Crippen molar-refractivity contribution in [2.24, 2.45) is 0 Å². The average molecular weight is 505 g/mol. The third-order valence-corrected chi connectivity index (χ3v) is 8.40. The minimum absolute atomic E-state index is 0.810. The predicted octanol–water partition coefficient (Wildman–Crippen LogP) is 10.7. The van der Waals surface area contributed by atoms with Gasteiger partial charge in [-0.1, -0.05) is 56.5 Å². The molecule has 36 heavy (non-hydrogen) atoms. The maximum Gasteiger partial charge on any atom is 0.453 e. The fraction of sp³-hybridized carbons (Fsp3) is 0.438. The highest BCUT2D eigenvalue weighted by Gasteiger charge is 2.20. The Labute approximate surface area is 217 Å². The highest BCUT2D eigenvalue weighted by Crippen LogP contribution is 2.43. The second-order valence-corrected chi connectivity index (χ2v) is 11.3. The van der Waals surface area contributed by atoms with Crippen LogP contribution < -0.4 is 4.52 Å². The van der Waals surface area contributed by atoms with Crippen LogP contribution in [0.2, 0.25) is 0 Å². The lowest BCUT2D eigenvalue weighted by Crippen LogP contribution is -1.96. The van der Waals surface area contributed by atoms with Crippen LogP contribution in [-0.4, -0.2) is 0 Å². The SMILES string of the molecule is CCCCc1cc(C)c2op(Oc3ccc(C)cc3C)oc3c(CCCC)cc(C)c(C)c3c2c1C. The first-order valence-corrected chi connectivity index (χ1v) is 14.5. The maximum atomic E-state index is 6.74. The van der Waals surface area contributed by atoms with Crippen molar-refractivity contribution in [3.05, 3.63) is 74.8 Å². The molecule has 0 fully saturated rings. The van der Waals surface area contributed by atoms with E-state index in [1.54, 1.807) is 0 Å². The molecule has 0 N–H and O–H groups in total. The van der Waals surface area contributed by atoms with Crippen LogP contribution in [0.5, 0.6) is 5.75 Å². The van der Waals surface area contributed by atoms with Gasteiger partial charge in [0, 0.05) is 10.8 Å². The summed E-state index contributed by atoms with van der Waals surface area (Å²) in [5.41, 5.74) is 11.8. The number of fused-ring (bicyclic) bond motifs is 3. The highest BCUT2D eigenvalue weighted by molar-refractivity contribution is 7.32. The van der Waals surface area contributed by atoms with Crippen LogP contribution in [0.4, 0.5) is 0 Å². The Kier molecular flexibility index (Phi) is 8.20. The van der Waals surface area contributed by atoms with Crippen LogP contribution in [0, 0.1) is 41.5 Å². The Hall–Kier alpha value is -2.64. The third kappa shape index (κ3) is 5.23. The van der Waals surface area contributed by atoms with E-state index in [-0.39, 0.29) is 0 Å². The van der Waals surface area contributed by atoms with Crippen LogP contribution in [-0.2, 0) is 12.8 Å². The number of hydrogen-bond acceptors (Lipinski definition) is 3. The molecular weight excluding hydrogens is 463 g/mol. The summed E-state index contributed by atoms with van der Waals surface area (Å²) in [6.45, 7) is 17.5. The van der Waals surface area contributed by atoms with Crippen molar-refractivity contribution < 1.29 is 12.9 Å². The number of benzene rings is 3. The van der Waals surface area contributed by atoms with Gasteiger partial charge in [-0.05, 0) is 112 Å².